The summed E-state index contributed by atoms with van der Waals surface area (Å²) in [5, 5.41) is -0.283. The number of halogens is 1. The summed E-state index contributed by atoms with van der Waals surface area (Å²) in [6.07, 6.45) is 2.71. The Morgan fingerprint density at radius 2 is 2.10 bits per heavy atom. The highest BCUT2D eigenvalue weighted by Gasteiger charge is 2.37. The first kappa shape index (κ1) is 8.34. The summed E-state index contributed by atoms with van der Waals surface area (Å²) in [4.78, 5) is 0. The van der Waals surface area contributed by atoms with Crippen LogP contribution in [0.3, 0.4) is 0 Å². The van der Waals surface area contributed by atoms with Crippen LogP contribution in [0.5, 0.6) is 0 Å². The predicted octanol–water partition coefficient (Wildman–Crippen LogP) is 1.74. The molecule has 0 aromatic carbocycles. The van der Waals surface area contributed by atoms with E-state index in [1.165, 1.54) is 0 Å². The molecule has 4 heteroatoms. The van der Waals surface area contributed by atoms with Crippen LogP contribution in [0.1, 0.15) is 26.2 Å². The molecule has 0 heterocycles. The smallest absolute Gasteiger partial charge is 0.212 e. The van der Waals surface area contributed by atoms with E-state index >= 15 is 0 Å². The maximum atomic E-state index is 10.8. The minimum Gasteiger partial charge on any atom is -0.212 e. The van der Waals surface area contributed by atoms with Crippen molar-refractivity contribution in [3.63, 3.8) is 0 Å². The summed E-state index contributed by atoms with van der Waals surface area (Å²) < 4.78 is 21.6. The number of rotatable bonds is 3. The van der Waals surface area contributed by atoms with E-state index in [9.17, 15) is 8.42 Å². The van der Waals surface area contributed by atoms with Crippen molar-refractivity contribution in [1.29, 1.82) is 0 Å². The monoisotopic (exact) mass is 182 g/mol. The van der Waals surface area contributed by atoms with Crippen LogP contribution in [0.2, 0.25) is 0 Å². The van der Waals surface area contributed by atoms with Gasteiger partial charge >= 0.3 is 0 Å². The van der Waals surface area contributed by atoms with Gasteiger partial charge in [-0.05, 0) is 25.2 Å². The third-order valence-electron chi connectivity index (χ3n) is 1.91. The van der Waals surface area contributed by atoms with Crippen LogP contribution in [0.25, 0.3) is 0 Å². The van der Waals surface area contributed by atoms with Crippen molar-refractivity contribution in [2.24, 2.45) is 5.92 Å². The van der Waals surface area contributed by atoms with Crippen LogP contribution < -0.4 is 0 Å². The Morgan fingerprint density at radius 1 is 1.60 bits per heavy atom. The van der Waals surface area contributed by atoms with Crippen LogP contribution in [0.4, 0.5) is 0 Å². The molecule has 1 unspecified atom stereocenters. The van der Waals surface area contributed by atoms with Crippen molar-refractivity contribution in [2.75, 3.05) is 0 Å². The molecule has 0 radical (unpaired) electrons. The van der Waals surface area contributed by atoms with Gasteiger partial charge in [-0.3, -0.25) is 0 Å². The first-order valence-electron chi connectivity index (χ1n) is 3.49. The van der Waals surface area contributed by atoms with Crippen LogP contribution in [-0.2, 0) is 9.05 Å². The molecule has 1 atom stereocenters. The normalized spacial score (nSPS) is 22.6. The molecule has 60 valence electrons. The molecule has 1 rings (SSSR count). The summed E-state index contributed by atoms with van der Waals surface area (Å²) in [6, 6.07) is 0. The molecule has 1 aliphatic carbocycles. The quantitative estimate of drug-likeness (QED) is 0.624. The van der Waals surface area contributed by atoms with Crippen LogP contribution in [-0.4, -0.2) is 13.7 Å². The summed E-state index contributed by atoms with van der Waals surface area (Å²) in [5.74, 6) is 0.354. The summed E-state index contributed by atoms with van der Waals surface area (Å²) in [7, 11) is 1.93. The van der Waals surface area contributed by atoms with Crippen molar-refractivity contribution >= 4 is 19.7 Å². The van der Waals surface area contributed by atoms with E-state index < -0.39 is 9.05 Å². The van der Waals surface area contributed by atoms with Crippen molar-refractivity contribution in [3.05, 3.63) is 0 Å². The van der Waals surface area contributed by atoms with E-state index in [2.05, 4.69) is 0 Å². The summed E-state index contributed by atoms with van der Waals surface area (Å²) in [5.41, 5.74) is 0. The van der Waals surface area contributed by atoms with Gasteiger partial charge in [0.15, 0.2) is 0 Å². The predicted molar refractivity (Wildman–Crippen MR) is 41.6 cm³/mol. The fraction of sp³-hybridized carbons (Fsp3) is 1.00. The topological polar surface area (TPSA) is 34.1 Å². The Morgan fingerprint density at radius 3 is 2.20 bits per heavy atom. The molecule has 0 aromatic heterocycles. The SMILES string of the molecule is CCC(C1CC1)S(=O)(=O)Cl. The second-order valence-corrected chi connectivity index (χ2v) is 5.61. The van der Waals surface area contributed by atoms with Gasteiger partial charge in [0, 0.05) is 10.7 Å². The van der Waals surface area contributed by atoms with Gasteiger partial charge < -0.3 is 0 Å². The largest absolute Gasteiger partial charge is 0.235 e. The molecule has 1 saturated carbocycles. The molecule has 0 N–H and O–H groups in total. The van der Waals surface area contributed by atoms with Gasteiger partial charge in [0.05, 0.1) is 5.25 Å². The average Bonchev–Trinajstić information content (AvgIpc) is 2.46. The van der Waals surface area contributed by atoms with Crippen molar-refractivity contribution in [1.82, 2.24) is 0 Å². The first-order chi connectivity index (χ1) is 4.55. The highest BCUT2D eigenvalue weighted by molar-refractivity contribution is 8.14. The van der Waals surface area contributed by atoms with E-state index in [0.29, 0.717) is 12.3 Å². The molecule has 0 saturated heterocycles. The fourth-order valence-corrected chi connectivity index (χ4v) is 3.17. The zero-order chi connectivity index (χ0) is 7.78. The third-order valence-corrected chi connectivity index (χ3v) is 4.04. The molecule has 1 aliphatic rings. The molecule has 2 nitrogen and oxygen atoms in total. The van der Waals surface area contributed by atoms with E-state index in [-0.39, 0.29) is 5.25 Å². The lowest BCUT2D eigenvalue weighted by molar-refractivity contribution is 0.576. The zero-order valence-electron chi connectivity index (χ0n) is 5.88. The lowest BCUT2D eigenvalue weighted by Gasteiger charge is -2.07. The van der Waals surface area contributed by atoms with Crippen molar-refractivity contribution in [2.45, 2.75) is 31.4 Å². The molecule has 0 aliphatic heterocycles. The molecular formula is C6H11ClO2S. The molecule has 1 fully saturated rings. The lowest BCUT2D eigenvalue weighted by atomic mass is 10.2. The molecule has 0 bridgehead atoms. The van der Waals surface area contributed by atoms with Crippen molar-refractivity contribution < 1.29 is 8.42 Å². The summed E-state index contributed by atoms with van der Waals surface area (Å²) >= 11 is 0. The molecule has 0 spiro atoms. The van der Waals surface area contributed by atoms with Gasteiger partial charge in [-0.15, -0.1) is 0 Å². The standard InChI is InChI=1S/C6H11ClO2S/c1-2-6(5-3-4-5)10(7,8)9/h5-6H,2-4H2,1H3. The summed E-state index contributed by atoms with van der Waals surface area (Å²) in [6.45, 7) is 1.86. The third kappa shape index (κ3) is 1.86. The second kappa shape index (κ2) is 2.70. The lowest BCUT2D eigenvalue weighted by Crippen LogP contribution is -2.17. The van der Waals surface area contributed by atoms with E-state index in [1.807, 2.05) is 6.92 Å². The van der Waals surface area contributed by atoms with E-state index in [1.54, 1.807) is 0 Å². The second-order valence-electron chi connectivity index (χ2n) is 2.76. The van der Waals surface area contributed by atoms with Gasteiger partial charge in [0.1, 0.15) is 0 Å². The van der Waals surface area contributed by atoms with Gasteiger partial charge in [-0.1, -0.05) is 6.92 Å². The molecule has 0 aromatic rings. The van der Waals surface area contributed by atoms with Crippen LogP contribution in [0, 0.1) is 5.92 Å². The average molecular weight is 183 g/mol. The fourth-order valence-electron chi connectivity index (χ4n) is 1.23. The van der Waals surface area contributed by atoms with Gasteiger partial charge in [0.2, 0.25) is 9.05 Å². The van der Waals surface area contributed by atoms with Crippen LogP contribution in [0.15, 0.2) is 0 Å². The Bertz CT molecular complexity index is 206. The van der Waals surface area contributed by atoms with E-state index in [4.69, 9.17) is 10.7 Å². The number of hydrogen-bond donors (Lipinski definition) is 0. The van der Waals surface area contributed by atoms with Gasteiger partial charge in [-0.25, -0.2) is 8.42 Å². The Kier molecular flexibility index (Phi) is 2.25. The Labute approximate surface area is 66.0 Å². The first-order valence-corrected chi connectivity index (χ1v) is 5.86. The number of hydrogen-bond acceptors (Lipinski definition) is 2. The minimum atomic E-state index is -3.28. The van der Waals surface area contributed by atoms with Gasteiger partial charge in [-0.2, -0.15) is 0 Å². The molecule has 0 amide bonds. The Balaban J connectivity index is 2.64. The minimum absolute atomic E-state index is 0.283. The molecule has 10 heavy (non-hydrogen) atoms. The maximum Gasteiger partial charge on any atom is 0.235 e. The van der Waals surface area contributed by atoms with Crippen LogP contribution >= 0.6 is 10.7 Å². The van der Waals surface area contributed by atoms with E-state index in [0.717, 1.165) is 12.8 Å². The van der Waals surface area contributed by atoms with Crippen molar-refractivity contribution in [3.8, 4) is 0 Å². The zero-order valence-corrected chi connectivity index (χ0v) is 7.45. The van der Waals surface area contributed by atoms with Gasteiger partial charge in [0.25, 0.3) is 0 Å². The highest BCUT2D eigenvalue weighted by Crippen LogP contribution is 2.38. The highest BCUT2D eigenvalue weighted by atomic mass is 35.7. The Hall–Kier alpha value is 0.240. The maximum absolute atomic E-state index is 10.8. The molecular weight excluding hydrogens is 172 g/mol.